The highest BCUT2D eigenvalue weighted by Gasteiger charge is 2.27. The molecule has 6 nitrogen and oxygen atoms in total. The van der Waals surface area contributed by atoms with Gasteiger partial charge in [0.1, 0.15) is 5.75 Å². The Morgan fingerprint density at radius 1 is 1.12 bits per heavy atom. The normalized spacial score (nSPS) is 17.2. The molecular formula is C20H21NO5. The predicted octanol–water partition coefficient (Wildman–Crippen LogP) is 2.84. The maximum Gasteiger partial charge on any atom is 0.341 e. The van der Waals surface area contributed by atoms with Crippen LogP contribution in [0.15, 0.2) is 48.5 Å². The Morgan fingerprint density at radius 3 is 2.69 bits per heavy atom. The Balaban J connectivity index is 1.64. The summed E-state index contributed by atoms with van der Waals surface area (Å²) < 4.78 is 5.22. The van der Waals surface area contributed by atoms with Gasteiger partial charge in [0, 0.05) is 13.1 Å². The number of carboxylic acids is 2. The SMILES string of the molecule is O=C(O)COc1cccc(CN2CCC(c3ccccc3C(=O)O)C2)c1. The average Bonchev–Trinajstić information content (AvgIpc) is 3.08. The number of carbonyl (C=O) groups is 2. The molecule has 0 spiro atoms. The quantitative estimate of drug-likeness (QED) is 0.794. The molecule has 0 bridgehead atoms. The second-order valence-corrected chi connectivity index (χ2v) is 6.44. The number of aromatic carboxylic acids is 1. The minimum atomic E-state index is -1.00. The largest absolute Gasteiger partial charge is 0.482 e. The number of nitrogens with zero attached hydrogens (tertiary/aromatic N) is 1. The van der Waals surface area contributed by atoms with Gasteiger partial charge in [0.25, 0.3) is 0 Å². The molecule has 1 heterocycles. The van der Waals surface area contributed by atoms with Gasteiger partial charge >= 0.3 is 11.9 Å². The van der Waals surface area contributed by atoms with Crippen LogP contribution in [0.2, 0.25) is 0 Å². The van der Waals surface area contributed by atoms with Gasteiger partial charge < -0.3 is 14.9 Å². The van der Waals surface area contributed by atoms with Crippen LogP contribution in [0, 0.1) is 0 Å². The van der Waals surface area contributed by atoms with Gasteiger partial charge in [-0.1, -0.05) is 30.3 Å². The minimum Gasteiger partial charge on any atom is -0.482 e. The molecule has 2 N–H and O–H groups in total. The number of hydrogen-bond donors (Lipinski definition) is 2. The second-order valence-electron chi connectivity index (χ2n) is 6.44. The summed E-state index contributed by atoms with van der Waals surface area (Å²) in [5, 5.41) is 18.1. The second kappa shape index (κ2) is 8.01. The van der Waals surface area contributed by atoms with Gasteiger partial charge in [-0.05, 0) is 48.2 Å². The van der Waals surface area contributed by atoms with Crippen LogP contribution in [-0.4, -0.2) is 46.7 Å². The van der Waals surface area contributed by atoms with Gasteiger partial charge in [-0.25, -0.2) is 9.59 Å². The molecule has 0 saturated carbocycles. The number of benzene rings is 2. The van der Waals surface area contributed by atoms with Crippen LogP contribution in [-0.2, 0) is 11.3 Å². The van der Waals surface area contributed by atoms with Gasteiger partial charge in [0.15, 0.2) is 6.61 Å². The summed E-state index contributed by atoms with van der Waals surface area (Å²) in [5.41, 5.74) is 2.31. The van der Waals surface area contributed by atoms with Crippen LogP contribution in [0.5, 0.6) is 5.75 Å². The Hall–Kier alpha value is -2.86. The van der Waals surface area contributed by atoms with Gasteiger partial charge in [0.05, 0.1) is 5.56 Å². The fourth-order valence-corrected chi connectivity index (χ4v) is 3.41. The van der Waals surface area contributed by atoms with E-state index in [2.05, 4.69) is 4.90 Å². The lowest BCUT2D eigenvalue weighted by Gasteiger charge is -2.17. The zero-order valence-electron chi connectivity index (χ0n) is 14.3. The fourth-order valence-electron chi connectivity index (χ4n) is 3.41. The first-order chi connectivity index (χ1) is 12.5. The molecule has 0 aliphatic carbocycles. The highest BCUT2D eigenvalue weighted by atomic mass is 16.5. The molecule has 26 heavy (non-hydrogen) atoms. The topological polar surface area (TPSA) is 87.1 Å². The van der Waals surface area contributed by atoms with Gasteiger partial charge in [0.2, 0.25) is 0 Å². The monoisotopic (exact) mass is 355 g/mol. The van der Waals surface area contributed by atoms with E-state index in [9.17, 15) is 14.7 Å². The number of hydrogen-bond acceptors (Lipinski definition) is 4. The first-order valence-electron chi connectivity index (χ1n) is 8.51. The van der Waals surface area contributed by atoms with E-state index in [1.807, 2.05) is 30.3 Å². The average molecular weight is 355 g/mol. The van der Waals surface area contributed by atoms with Crippen molar-refractivity contribution in [3.63, 3.8) is 0 Å². The van der Waals surface area contributed by atoms with E-state index in [1.54, 1.807) is 18.2 Å². The highest BCUT2D eigenvalue weighted by Crippen LogP contribution is 2.30. The summed E-state index contributed by atoms with van der Waals surface area (Å²) in [6.45, 7) is 2.04. The lowest BCUT2D eigenvalue weighted by molar-refractivity contribution is -0.139. The first kappa shape index (κ1) is 17.9. The van der Waals surface area contributed by atoms with Crippen molar-refractivity contribution in [3.05, 3.63) is 65.2 Å². The van der Waals surface area contributed by atoms with E-state index in [4.69, 9.17) is 9.84 Å². The van der Waals surface area contributed by atoms with E-state index in [0.29, 0.717) is 11.3 Å². The molecule has 1 aliphatic heterocycles. The maximum atomic E-state index is 11.4. The molecule has 1 aliphatic rings. The summed E-state index contributed by atoms with van der Waals surface area (Å²) in [6, 6.07) is 14.6. The molecule has 2 aromatic rings. The van der Waals surface area contributed by atoms with Crippen molar-refractivity contribution >= 4 is 11.9 Å². The van der Waals surface area contributed by atoms with Crippen molar-refractivity contribution < 1.29 is 24.5 Å². The van der Waals surface area contributed by atoms with Crippen LogP contribution >= 0.6 is 0 Å². The molecule has 6 heteroatoms. The Morgan fingerprint density at radius 2 is 1.92 bits per heavy atom. The van der Waals surface area contributed by atoms with E-state index in [1.165, 1.54) is 0 Å². The molecule has 2 aromatic carbocycles. The number of ether oxygens (including phenoxy) is 1. The predicted molar refractivity (Wildman–Crippen MR) is 95.6 cm³/mol. The van der Waals surface area contributed by atoms with E-state index in [0.717, 1.165) is 37.2 Å². The fraction of sp³-hybridized carbons (Fsp3) is 0.300. The Kier molecular flexibility index (Phi) is 5.53. The van der Waals surface area contributed by atoms with Crippen molar-refractivity contribution in [3.8, 4) is 5.75 Å². The van der Waals surface area contributed by atoms with Crippen molar-refractivity contribution in [2.24, 2.45) is 0 Å². The molecule has 1 atom stereocenters. The number of rotatable bonds is 7. The van der Waals surface area contributed by atoms with Crippen molar-refractivity contribution in [2.45, 2.75) is 18.9 Å². The summed E-state index contributed by atoms with van der Waals surface area (Å²) in [6.07, 6.45) is 0.916. The zero-order chi connectivity index (χ0) is 18.5. The molecule has 1 saturated heterocycles. The highest BCUT2D eigenvalue weighted by molar-refractivity contribution is 5.89. The van der Waals surface area contributed by atoms with Crippen molar-refractivity contribution in [1.82, 2.24) is 4.90 Å². The summed E-state index contributed by atoms with van der Waals surface area (Å²) in [5.74, 6) is -1.15. The van der Waals surface area contributed by atoms with Crippen LogP contribution in [0.3, 0.4) is 0 Å². The molecular weight excluding hydrogens is 334 g/mol. The summed E-state index contributed by atoms with van der Waals surface area (Å²) in [4.78, 5) is 24.3. The molecule has 1 fully saturated rings. The Bertz CT molecular complexity index is 804. The van der Waals surface area contributed by atoms with E-state index < -0.39 is 11.9 Å². The maximum absolute atomic E-state index is 11.4. The Labute approximate surface area is 151 Å². The van der Waals surface area contributed by atoms with Crippen LogP contribution in [0.1, 0.15) is 33.8 Å². The van der Waals surface area contributed by atoms with E-state index in [-0.39, 0.29) is 12.5 Å². The van der Waals surface area contributed by atoms with Gasteiger partial charge in [-0.15, -0.1) is 0 Å². The number of likely N-dealkylation sites (tertiary alicyclic amines) is 1. The van der Waals surface area contributed by atoms with Crippen LogP contribution in [0.25, 0.3) is 0 Å². The summed E-state index contributed by atoms with van der Waals surface area (Å²) >= 11 is 0. The standard InChI is InChI=1S/C20H21NO5/c22-19(23)13-26-16-5-3-4-14(10-16)11-21-9-8-15(12-21)17-6-1-2-7-18(17)20(24)25/h1-7,10,15H,8-9,11-13H2,(H,22,23)(H,24,25). The molecule has 3 rings (SSSR count). The molecule has 0 aromatic heterocycles. The van der Waals surface area contributed by atoms with Gasteiger partial charge in [-0.3, -0.25) is 4.90 Å². The molecule has 0 radical (unpaired) electrons. The summed E-state index contributed by atoms with van der Waals surface area (Å²) in [7, 11) is 0. The molecule has 1 unspecified atom stereocenters. The van der Waals surface area contributed by atoms with Crippen molar-refractivity contribution in [1.29, 1.82) is 0 Å². The smallest absolute Gasteiger partial charge is 0.341 e. The number of carboxylic acid groups (broad SMARTS) is 2. The third kappa shape index (κ3) is 4.40. The van der Waals surface area contributed by atoms with Gasteiger partial charge in [-0.2, -0.15) is 0 Å². The molecule has 0 amide bonds. The lowest BCUT2D eigenvalue weighted by Crippen LogP contribution is -2.20. The molecule has 136 valence electrons. The van der Waals surface area contributed by atoms with Crippen LogP contribution < -0.4 is 4.74 Å². The van der Waals surface area contributed by atoms with Crippen molar-refractivity contribution in [2.75, 3.05) is 19.7 Å². The number of aliphatic carboxylic acids is 1. The van der Waals surface area contributed by atoms with Crippen LogP contribution in [0.4, 0.5) is 0 Å². The lowest BCUT2D eigenvalue weighted by atomic mass is 9.93. The zero-order valence-corrected chi connectivity index (χ0v) is 14.3. The first-order valence-corrected chi connectivity index (χ1v) is 8.51. The third-order valence-electron chi connectivity index (χ3n) is 4.57. The third-order valence-corrected chi connectivity index (χ3v) is 4.57. The van der Waals surface area contributed by atoms with E-state index >= 15 is 0 Å². The minimum absolute atomic E-state index is 0.203.